The Morgan fingerprint density at radius 1 is 0.759 bits per heavy atom. The molecule has 2 bridgehead atoms. The van der Waals surface area contributed by atoms with E-state index in [2.05, 4.69) is 14.1 Å². The standard InChI is InChI=1S/C23H26F4N.BrH/c1-28(2)21-3-4-22(28)6-14(5-21)7-23(15-8-17(24)12-18(25)9-15)16-10-19(26)13-20(27)11-16;/h8-14,21-23H,3-7H2,1-2H3;1H/q+1;/p-1/t21-,22-;/m0./s1. The molecule has 158 valence electrons. The van der Waals surface area contributed by atoms with Crippen LogP contribution in [0.15, 0.2) is 36.4 Å². The van der Waals surface area contributed by atoms with Crippen LogP contribution in [0.5, 0.6) is 0 Å². The average molecular weight is 472 g/mol. The van der Waals surface area contributed by atoms with E-state index in [4.69, 9.17) is 0 Å². The van der Waals surface area contributed by atoms with E-state index in [1.54, 1.807) is 0 Å². The predicted octanol–water partition coefficient (Wildman–Crippen LogP) is 2.79. The molecule has 2 aliphatic heterocycles. The second kappa shape index (κ2) is 8.38. The first-order chi connectivity index (χ1) is 13.2. The molecule has 29 heavy (non-hydrogen) atoms. The van der Waals surface area contributed by atoms with Crippen LogP contribution in [0.25, 0.3) is 0 Å². The summed E-state index contributed by atoms with van der Waals surface area (Å²) in [6.45, 7) is 0. The monoisotopic (exact) mass is 471 g/mol. The molecule has 2 heterocycles. The van der Waals surface area contributed by atoms with Gasteiger partial charge in [-0.1, -0.05) is 0 Å². The molecule has 0 radical (unpaired) electrons. The highest BCUT2D eigenvalue weighted by atomic mass is 79.9. The second-order valence-corrected chi connectivity index (χ2v) is 9.05. The fourth-order valence-electron chi connectivity index (χ4n) is 5.54. The van der Waals surface area contributed by atoms with Crippen LogP contribution in [0.1, 0.15) is 49.1 Å². The number of fused-ring (bicyclic) bond motifs is 2. The molecule has 0 aromatic heterocycles. The van der Waals surface area contributed by atoms with Crippen molar-refractivity contribution in [3.05, 3.63) is 70.8 Å². The zero-order valence-corrected chi connectivity index (χ0v) is 18.2. The lowest BCUT2D eigenvalue weighted by Gasteiger charge is -2.45. The molecule has 0 aliphatic carbocycles. The fourth-order valence-corrected chi connectivity index (χ4v) is 5.54. The van der Waals surface area contributed by atoms with Gasteiger partial charge in [0.2, 0.25) is 0 Å². The summed E-state index contributed by atoms with van der Waals surface area (Å²) in [6.07, 6.45) is 5.11. The number of quaternary nitrogens is 1. The van der Waals surface area contributed by atoms with Crippen molar-refractivity contribution in [2.24, 2.45) is 5.92 Å². The molecule has 2 aromatic rings. The summed E-state index contributed by atoms with van der Waals surface area (Å²) in [6, 6.07) is 7.96. The summed E-state index contributed by atoms with van der Waals surface area (Å²) >= 11 is 0. The highest BCUT2D eigenvalue weighted by molar-refractivity contribution is 5.34. The van der Waals surface area contributed by atoms with Crippen molar-refractivity contribution in [3.8, 4) is 0 Å². The molecule has 2 aliphatic rings. The third-order valence-electron chi connectivity index (χ3n) is 7.07. The molecule has 0 unspecified atom stereocenters. The maximum absolute atomic E-state index is 13.9. The van der Waals surface area contributed by atoms with Crippen LogP contribution >= 0.6 is 0 Å². The summed E-state index contributed by atoms with van der Waals surface area (Å²) in [5, 5.41) is 0. The van der Waals surface area contributed by atoms with Gasteiger partial charge < -0.3 is 21.5 Å². The van der Waals surface area contributed by atoms with Gasteiger partial charge in [0.05, 0.1) is 26.2 Å². The number of nitrogens with zero attached hydrogens (tertiary/aromatic N) is 1. The van der Waals surface area contributed by atoms with Gasteiger partial charge >= 0.3 is 0 Å². The molecule has 2 aromatic carbocycles. The normalized spacial score (nSPS) is 25.1. The van der Waals surface area contributed by atoms with Crippen LogP contribution in [0.2, 0.25) is 0 Å². The highest BCUT2D eigenvalue weighted by Crippen LogP contribution is 2.46. The molecule has 0 saturated carbocycles. The van der Waals surface area contributed by atoms with Gasteiger partial charge in [0.15, 0.2) is 0 Å². The van der Waals surface area contributed by atoms with Crippen molar-refractivity contribution >= 4 is 0 Å². The van der Waals surface area contributed by atoms with Gasteiger partial charge in [-0.15, -0.1) is 0 Å². The van der Waals surface area contributed by atoms with Crippen molar-refractivity contribution in [3.63, 3.8) is 0 Å². The molecule has 2 atom stereocenters. The van der Waals surface area contributed by atoms with Gasteiger partial charge in [-0.2, -0.15) is 0 Å². The van der Waals surface area contributed by atoms with Gasteiger partial charge in [0.25, 0.3) is 0 Å². The summed E-state index contributed by atoms with van der Waals surface area (Å²) < 4.78 is 56.6. The lowest BCUT2D eigenvalue weighted by atomic mass is 9.78. The first kappa shape index (κ1) is 22.3. The second-order valence-electron chi connectivity index (χ2n) is 9.05. The Labute approximate surface area is 180 Å². The number of halogens is 5. The Kier molecular flexibility index (Phi) is 6.44. The molecule has 2 fully saturated rings. The third-order valence-corrected chi connectivity index (χ3v) is 7.07. The molecule has 0 amide bonds. The van der Waals surface area contributed by atoms with E-state index in [9.17, 15) is 17.6 Å². The van der Waals surface area contributed by atoms with Crippen molar-refractivity contribution in [2.75, 3.05) is 14.1 Å². The summed E-state index contributed by atoms with van der Waals surface area (Å²) in [4.78, 5) is 0. The number of benzene rings is 2. The molecule has 0 N–H and O–H groups in total. The molecule has 2 saturated heterocycles. The maximum Gasteiger partial charge on any atom is 0.126 e. The minimum Gasteiger partial charge on any atom is -1.00 e. The summed E-state index contributed by atoms with van der Waals surface area (Å²) in [7, 11) is 4.56. The Morgan fingerprint density at radius 2 is 1.14 bits per heavy atom. The van der Waals surface area contributed by atoms with E-state index in [1.165, 1.54) is 37.1 Å². The minimum absolute atomic E-state index is 0. The molecule has 1 nitrogen and oxygen atoms in total. The Hall–Kier alpha value is -1.40. The minimum atomic E-state index is -0.668. The van der Waals surface area contributed by atoms with E-state index in [0.29, 0.717) is 35.5 Å². The van der Waals surface area contributed by atoms with E-state index in [0.717, 1.165) is 29.5 Å². The van der Waals surface area contributed by atoms with Crippen LogP contribution in [-0.2, 0) is 0 Å². The molecule has 0 spiro atoms. The van der Waals surface area contributed by atoms with Crippen molar-refractivity contribution in [1.29, 1.82) is 0 Å². The third kappa shape index (κ3) is 4.53. The maximum atomic E-state index is 13.9. The predicted molar refractivity (Wildman–Crippen MR) is 101 cm³/mol. The Balaban J connectivity index is 0.00000240. The van der Waals surface area contributed by atoms with Gasteiger partial charge in [-0.05, 0) is 47.7 Å². The van der Waals surface area contributed by atoms with Crippen LogP contribution in [0.3, 0.4) is 0 Å². The molecular weight excluding hydrogens is 446 g/mol. The lowest BCUT2D eigenvalue weighted by molar-refractivity contribution is -0.931. The van der Waals surface area contributed by atoms with Gasteiger partial charge in [-0.25, -0.2) is 17.6 Å². The average Bonchev–Trinajstić information content (AvgIpc) is 2.76. The number of rotatable bonds is 4. The highest BCUT2D eigenvalue weighted by Gasteiger charge is 2.49. The molecule has 4 rings (SSSR count). The first-order valence-electron chi connectivity index (χ1n) is 9.97. The van der Waals surface area contributed by atoms with Crippen LogP contribution in [-0.4, -0.2) is 30.7 Å². The number of hydrogen-bond donors (Lipinski definition) is 0. The summed E-state index contributed by atoms with van der Waals surface area (Å²) in [5.74, 6) is -2.74. The van der Waals surface area contributed by atoms with E-state index in [-0.39, 0.29) is 17.0 Å². The topological polar surface area (TPSA) is 0 Å². The van der Waals surface area contributed by atoms with E-state index >= 15 is 0 Å². The quantitative estimate of drug-likeness (QED) is 0.475. The number of piperidine rings is 1. The van der Waals surface area contributed by atoms with Crippen LogP contribution in [0, 0.1) is 29.2 Å². The van der Waals surface area contributed by atoms with E-state index < -0.39 is 29.2 Å². The van der Waals surface area contributed by atoms with Crippen molar-refractivity contribution < 1.29 is 39.0 Å². The zero-order chi connectivity index (χ0) is 20.1. The Morgan fingerprint density at radius 3 is 1.52 bits per heavy atom. The van der Waals surface area contributed by atoms with Gasteiger partial charge in [-0.3, -0.25) is 0 Å². The van der Waals surface area contributed by atoms with Crippen LogP contribution < -0.4 is 17.0 Å². The zero-order valence-electron chi connectivity index (χ0n) is 16.6. The lowest BCUT2D eigenvalue weighted by Crippen LogP contribution is -3.00. The Bertz CT molecular complexity index is 777. The molecular formula is C23H26BrF4N. The first-order valence-corrected chi connectivity index (χ1v) is 9.97. The van der Waals surface area contributed by atoms with Gasteiger partial charge in [0, 0.05) is 43.7 Å². The van der Waals surface area contributed by atoms with E-state index in [1.807, 2.05) is 0 Å². The van der Waals surface area contributed by atoms with Gasteiger partial charge in [0.1, 0.15) is 23.3 Å². The number of hydrogen-bond acceptors (Lipinski definition) is 0. The largest absolute Gasteiger partial charge is 1.00 e. The smallest absolute Gasteiger partial charge is 0.126 e. The van der Waals surface area contributed by atoms with Crippen molar-refractivity contribution in [2.45, 2.75) is 50.1 Å². The van der Waals surface area contributed by atoms with Crippen LogP contribution in [0.4, 0.5) is 17.6 Å². The summed E-state index contributed by atoms with van der Waals surface area (Å²) in [5.41, 5.74) is 0.878. The molecule has 6 heteroatoms. The van der Waals surface area contributed by atoms with Crippen molar-refractivity contribution in [1.82, 2.24) is 0 Å². The fraction of sp³-hybridized carbons (Fsp3) is 0.478. The SMILES string of the molecule is C[N+]1(C)[C@H]2CC[C@H]1CC(CC(c1cc(F)cc(F)c1)c1cc(F)cc(F)c1)C2.[Br-].